The van der Waals surface area contributed by atoms with Gasteiger partial charge in [-0.3, -0.25) is 4.79 Å². The Labute approximate surface area is 139 Å². The molecule has 0 unspecified atom stereocenters. The Morgan fingerprint density at radius 1 is 1.17 bits per heavy atom. The van der Waals surface area contributed by atoms with Crippen LogP contribution in [0.25, 0.3) is 0 Å². The molecule has 5 nitrogen and oxygen atoms in total. The molecule has 0 aliphatic heterocycles. The first-order valence-corrected chi connectivity index (χ1v) is 7.47. The van der Waals surface area contributed by atoms with E-state index in [0.29, 0.717) is 11.3 Å². The second-order valence-corrected chi connectivity index (χ2v) is 5.49. The highest BCUT2D eigenvalue weighted by molar-refractivity contribution is 7.12. The van der Waals surface area contributed by atoms with Crippen LogP contribution in [0.5, 0.6) is 5.75 Å². The minimum atomic E-state index is -4.76. The Bertz CT molecular complexity index is 725. The van der Waals surface area contributed by atoms with Crippen LogP contribution in [-0.4, -0.2) is 25.3 Å². The molecule has 0 fully saturated rings. The Hall–Kier alpha value is -2.55. The minimum Gasteiger partial charge on any atom is -0.465 e. The van der Waals surface area contributed by atoms with Gasteiger partial charge in [0.25, 0.3) is 0 Å². The van der Waals surface area contributed by atoms with Gasteiger partial charge in [-0.25, -0.2) is 4.79 Å². The smallest absolute Gasteiger partial charge is 0.465 e. The molecule has 24 heavy (non-hydrogen) atoms. The molecule has 2 rings (SSSR count). The van der Waals surface area contributed by atoms with E-state index < -0.39 is 18.2 Å². The third kappa shape index (κ3) is 4.98. The summed E-state index contributed by atoms with van der Waals surface area (Å²) in [4.78, 5) is 23.8. The molecule has 0 saturated heterocycles. The van der Waals surface area contributed by atoms with Gasteiger partial charge >= 0.3 is 12.3 Å². The van der Waals surface area contributed by atoms with E-state index in [2.05, 4.69) is 14.8 Å². The van der Waals surface area contributed by atoms with Crippen LogP contribution < -0.4 is 10.1 Å². The lowest BCUT2D eigenvalue weighted by atomic mass is 10.1. The van der Waals surface area contributed by atoms with Crippen molar-refractivity contribution in [2.45, 2.75) is 12.8 Å². The van der Waals surface area contributed by atoms with Crippen molar-refractivity contribution in [2.24, 2.45) is 0 Å². The van der Waals surface area contributed by atoms with Crippen molar-refractivity contribution in [3.05, 3.63) is 46.2 Å². The lowest BCUT2D eigenvalue weighted by Crippen LogP contribution is -2.17. The van der Waals surface area contributed by atoms with E-state index in [1.807, 2.05) is 0 Å². The molecule has 1 N–H and O–H groups in total. The van der Waals surface area contributed by atoms with Crippen molar-refractivity contribution in [3.8, 4) is 5.75 Å². The van der Waals surface area contributed by atoms with E-state index in [4.69, 9.17) is 0 Å². The Kier molecular flexibility index (Phi) is 5.45. The monoisotopic (exact) mass is 359 g/mol. The Morgan fingerprint density at radius 2 is 1.83 bits per heavy atom. The average Bonchev–Trinajstić information content (AvgIpc) is 2.95. The fourth-order valence-corrected chi connectivity index (χ4v) is 2.61. The van der Waals surface area contributed by atoms with E-state index in [9.17, 15) is 22.8 Å². The summed E-state index contributed by atoms with van der Waals surface area (Å²) >= 11 is 1.13. The standard InChI is InChI=1S/C15H12F3NO4S/c1-22-14(21)13-11(6-7-24-13)19-12(20)8-9-2-4-10(5-3-9)23-15(16,17)18/h2-7H,8H2,1H3,(H,19,20). The van der Waals surface area contributed by atoms with Gasteiger partial charge in [0.1, 0.15) is 10.6 Å². The summed E-state index contributed by atoms with van der Waals surface area (Å²) in [6.45, 7) is 0. The first kappa shape index (κ1) is 17.8. The molecule has 0 bridgehead atoms. The topological polar surface area (TPSA) is 64.6 Å². The predicted molar refractivity (Wildman–Crippen MR) is 81.1 cm³/mol. The number of methoxy groups -OCH3 is 1. The molecule has 0 aliphatic rings. The van der Waals surface area contributed by atoms with Gasteiger partial charge < -0.3 is 14.8 Å². The molecule has 0 aliphatic carbocycles. The Morgan fingerprint density at radius 3 is 2.42 bits per heavy atom. The van der Waals surface area contributed by atoms with Crippen LogP contribution in [-0.2, 0) is 16.0 Å². The number of halogens is 3. The van der Waals surface area contributed by atoms with Crippen LogP contribution in [0.1, 0.15) is 15.2 Å². The van der Waals surface area contributed by atoms with Gasteiger partial charge in [-0.1, -0.05) is 12.1 Å². The summed E-state index contributed by atoms with van der Waals surface area (Å²) in [6.07, 6.45) is -4.83. The number of thiophene rings is 1. The van der Waals surface area contributed by atoms with Crippen molar-refractivity contribution in [3.63, 3.8) is 0 Å². The number of nitrogens with one attached hydrogen (secondary N) is 1. The molecule has 1 heterocycles. The number of alkyl halides is 3. The maximum absolute atomic E-state index is 12.1. The number of carbonyl (C=O) groups excluding carboxylic acids is 2. The molecule has 2 aromatic rings. The largest absolute Gasteiger partial charge is 0.573 e. The number of anilines is 1. The number of esters is 1. The van der Waals surface area contributed by atoms with Crippen molar-refractivity contribution < 1.29 is 32.2 Å². The van der Waals surface area contributed by atoms with Gasteiger partial charge in [0.2, 0.25) is 5.91 Å². The number of ether oxygens (including phenoxy) is 2. The third-order valence-electron chi connectivity index (χ3n) is 2.83. The summed E-state index contributed by atoms with van der Waals surface area (Å²) in [6, 6.07) is 6.53. The second kappa shape index (κ2) is 7.35. The highest BCUT2D eigenvalue weighted by Crippen LogP contribution is 2.24. The molecule has 0 spiro atoms. The summed E-state index contributed by atoms with van der Waals surface area (Å²) < 4.78 is 44.6. The molecule has 9 heteroatoms. The number of amides is 1. The van der Waals surface area contributed by atoms with E-state index in [1.54, 1.807) is 11.4 Å². The number of carbonyl (C=O) groups is 2. The van der Waals surface area contributed by atoms with Crippen molar-refractivity contribution in [1.82, 2.24) is 0 Å². The lowest BCUT2D eigenvalue weighted by Gasteiger charge is -2.09. The molecule has 1 amide bonds. The zero-order chi connectivity index (χ0) is 17.7. The number of rotatable bonds is 5. The van der Waals surface area contributed by atoms with Gasteiger partial charge in [-0.05, 0) is 29.1 Å². The maximum Gasteiger partial charge on any atom is 0.573 e. The second-order valence-electron chi connectivity index (χ2n) is 4.57. The number of hydrogen-bond donors (Lipinski definition) is 1. The van der Waals surface area contributed by atoms with Crippen molar-refractivity contribution in [1.29, 1.82) is 0 Å². The van der Waals surface area contributed by atoms with Crippen LogP contribution in [0, 0.1) is 0 Å². The molecular formula is C15H12F3NO4S. The minimum absolute atomic E-state index is 0.0667. The molecule has 0 saturated carbocycles. The zero-order valence-corrected chi connectivity index (χ0v) is 13.2. The van der Waals surface area contributed by atoms with Gasteiger partial charge in [0.05, 0.1) is 19.2 Å². The van der Waals surface area contributed by atoms with E-state index in [0.717, 1.165) is 23.5 Å². The molecule has 0 radical (unpaired) electrons. The normalized spacial score (nSPS) is 11.0. The van der Waals surface area contributed by atoms with Crippen LogP contribution in [0.3, 0.4) is 0 Å². The van der Waals surface area contributed by atoms with Gasteiger partial charge in [-0.15, -0.1) is 24.5 Å². The number of hydrogen-bond acceptors (Lipinski definition) is 5. The van der Waals surface area contributed by atoms with Crippen LogP contribution in [0.4, 0.5) is 18.9 Å². The summed E-state index contributed by atoms with van der Waals surface area (Å²) in [5.74, 6) is -1.34. The maximum atomic E-state index is 12.1. The van der Waals surface area contributed by atoms with Crippen LogP contribution in [0.2, 0.25) is 0 Å². The fourth-order valence-electron chi connectivity index (χ4n) is 1.85. The fraction of sp³-hybridized carbons (Fsp3) is 0.200. The number of benzene rings is 1. The molecule has 1 aromatic heterocycles. The molecule has 1 aromatic carbocycles. The molecule has 128 valence electrons. The van der Waals surface area contributed by atoms with Crippen molar-refractivity contribution in [2.75, 3.05) is 12.4 Å². The van der Waals surface area contributed by atoms with Crippen molar-refractivity contribution >= 4 is 28.9 Å². The predicted octanol–water partition coefficient (Wildman–Crippen LogP) is 3.61. The summed E-state index contributed by atoms with van der Waals surface area (Å²) in [7, 11) is 1.23. The van der Waals surface area contributed by atoms with E-state index >= 15 is 0 Å². The first-order chi connectivity index (χ1) is 11.3. The first-order valence-electron chi connectivity index (χ1n) is 6.59. The van der Waals surface area contributed by atoms with Crippen LogP contribution >= 0.6 is 11.3 Å². The summed E-state index contributed by atoms with van der Waals surface area (Å²) in [5.41, 5.74) is 0.825. The highest BCUT2D eigenvalue weighted by Gasteiger charge is 2.30. The van der Waals surface area contributed by atoms with Gasteiger partial charge in [0.15, 0.2) is 0 Å². The molecule has 0 atom stereocenters. The molecular weight excluding hydrogens is 347 g/mol. The SMILES string of the molecule is COC(=O)c1sccc1NC(=O)Cc1ccc(OC(F)(F)F)cc1. The van der Waals surface area contributed by atoms with Crippen LogP contribution in [0.15, 0.2) is 35.7 Å². The lowest BCUT2D eigenvalue weighted by molar-refractivity contribution is -0.274. The van der Waals surface area contributed by atoms with Gasteiger partial charge in [0, 0.05) is 0 Å². The van der Waals surface area contributed by atoms with E-state index in [1.165, 1.54) is 19.2 Å². The highest BCUT2D eigenvalue weighted by atomic mass is 32.1. The Balaban J connectivity index is 1.98. The third-order valence-corrected chi connectivity index (χ3v) is 3.73. The quantitative estimate of drug-likeness (QED) is 0.829. The van der Waals surface area contributed by atoms with E-state index in [-0.39, 0.29) is 17.0 Å². The summed E-state index contributed by atoms with van der Waals surface area (Å²) in [5, 5.41) is 4.20. The average molecular weight is 359 g/mol. The van der Waals surface area contributed by atoms with Gasteiger partial charge in [-0.2, -0.15) is 0 Å². The zero-order valence-electron chi connectivity index (χ0n) is 12.3.